The van der Waals surface area contributed by atoms with Crippen molar-refractivity contribution >= 4 is 16.1 Å². The predicted octanol–water partition coefficient (Wildman–Crippen LogP) is 0.397. The first-order valence-electron chi connectivity index (χ1n) is 3.82. The number of carbonyl (C=O) groups is 1. The summed E-state index contributed by atoms with van der Waals surface area (Å²) in [5.41, 5.74) is 0. The Morgan fingerprint density at radius 3 is 2.20 bits per heavy atom. The van der Waals surface area contributed by atoms with Crippen LogP contribution < -0.4 is 4.74 Å². The lowest BCUT2D eigenvalue weighted by Gasteiger charge is -2.03. The standard InChI is InChI=1S/C8H8O6S/c9-8(10)5-14-6-1-3-7(4-2-6)15(11,12)13/h1-4H,5H2,(H,9,10)(H,11,12,13). The monoisotopic (exact) mass is 232 g/mol. The van der Waals surface area contributed by atoms with E-state index in [0.717, 1.165) is 12.1 Å². The van der Waals surface area contributed by atoms with Gasteiger partial charge in [-0.05, 0) is 24.3 Å². The second-order valence-electron chi connectivity index (χ2n) is 2.63. The van der Waals surface area contributed by atoms with Crippen LogP contribution in [-0.4, -0.2) is 30.7 Å². The quantitative estimate of drug-likeness (QED) is 0.728. The molecule has 7 heteroatoms. The van der Waals surface area contributed by atoms with Crippen LogP contribution in [0, 0.1) is 0 Å². The van der Waals surface area contributed by atoms with Crippen molar-refractivity contribution in [3.8, 4) is 5.75 Å². The third kappa shape index (κ3) is 3.56. The van der Waals surface area contributed by atoms with Gasteiger partial charge in [-0.15, -0.1) is 0 Å². The van der Waals surface area contributed by atoms with E-state index >= 15 is 0 Å². The lowest BCUT2D eigenvalue weighted by Crippen LogP contribution is -2.09. The summed E-state index contributed by atoms with van der Waals surface area (Å²) in [5.74, 6) is -0.918. The van der Waals surface area contributed by atoms with Crippen LogP contribution in [0.1, 0.15) is 0 Å². The highest BCUT2D eigenvalue weighted by molar-refractivity contribution is 7.85. The molecule has 0 amide bonds. The molecular weight excluding hydrogens is 224 g/mol. The van der Waals surface area contributed by atoms with Crippen LogP contribution in [0.2, 0.25) is 0 Å². The second kappa shape index (κ2) is 4.28. The van der Waals surface area contributed by atoms with Crippen molar-refractivity contribution in [1.82, 2.24) is 0 Å². The molecule has 0 aliphatic carbocycles. The molecule has 0 heterocycles. The van der Waals surface area contributed by atoms with Crippen LogP contribution in [0.15, 0.2) is 29.2 Å². The highest BCUT2D eigenvalue weighted by Gasteiger charge is 2.08. The first-order chi connectivity index (χ1) is 6.89. The fourth-order valence-electron chi connectivity index (χ4n) is 0.853. The number of benzene rings is 1. The van der Waals surface area contributed by atoms with E-state index in [1.54, 1.807) is 0 Å². The first-order valence-corrected chi connectivity index (χ1v) is 5.26. The van der Waals surface area contributed by atoms with Crippen molar-refractivity contribution in [2.75, 3.05) is 6.61 Å². The third-order valence-electron chi connectivity index (χ3n) is 1.48. The maximum absolute atomic E-state index is 10.6. The van der Waals surface area contributed by atoms with Gasteiger partial charge in [0.25, 0.3) is 10.1 Å². The molecular formula is C8H8O6S. The Morgan fingerprint density at radius 1 is 1.27 bits per heavy atom. The molecule has 0 fully saturated rings. The van der Waals surface area contributed by atoms with E-state index in [0.29, 0.717) is 0 Å². The molecule has 0 spiro atoms. The minimum Gasteiger partial charge on any atom is -0.482 e. The summed E-state index contributed by atoms with van der Waals surface area (Å²) in [6.07, 6.45) is 0. The van der Waals surface area contributed by atoms with Crippen LogP contribution in [0.4, 0.5) is 0 Å². The molecule has 0 aliphatic rings. The minimum atomic E-state index is -4.22. The van der Waals surface area contributed by atoms with Gasteiger partial charge in [-0.3, -0.25) is 4.55 Å². The van der Waals surface area contributed by atoms with Crippen LogP contribution in [-0.2, 0) is 14.9 Å². The number of carboxylic acid groups (broad SMARTS) is 1. The van der Waals surface area contributed by atoms with Crippen molar-refractivity contribution < 1.29 is 27.6 Å². The Balaban J connectivity index is 2.77. The van der Waals surface area contributed by atoms with Crippen molar-refractivity contribution in [3.05, 3.63) is 24.3 Å². The molecule has 1 aromatic rings. The van der Waals surface area contributed by atoms with Crippen LogP contribution in [0.5, 0.6) is 5.75 Å². The molecule has 6 nitrogen and oxygen atoms in total. The minimum absolute atomic E-state index is 0.213. The molecule has 1 aromatic carbocycles. The predicted molar refractivity (Wildman–Crippen MR) is 49.4 cm³/mol. The lowest BCUT2D eigenvalue weighted by atomic mass is 10.3. The van der Waals surface area contributed by atoms with Gasteiger partial charge in [-0.25, -0.2) is 4.79 Å². The summed E-state index contributed by atoms with van der Waals surface area (Å²) < 4.78 is 34.7. The van der Waals surface area contributed by atoms with Crippen LogP contribution in [0.25, 0.3) is 0 Å². The van der Waals surface area contributed by atoms with Crippen molar-refractivity contribution in [3.63, 3.8) is 0 Å². The topological polar surface area (TPSA) is 101 Å². The summed E-state index contributed by atoms with van der Waals surface area (Å²) in [7, 11) is -4.22. The van der Waals surface area contributed by atoms with Crippen molar-refractivity contribution in [2.24, 2.45) is 0 Å². The summed E-state index contributed by atoms with van der Waals surface area (Å²) >= 11 is 0. The number of rotatable bonds is 4. The van der Waals surface area contributed by atoms with Gasteiger partial charge in [0.05, 0.1) is 4.90 Å². The van der Waals surface area contributed by atoms with E-state index in [1.165, 1.54) is 12.1 Å². The molecule has 0 radical (unpaired) electrons. The zero-order valence-corrected chi connectivity index (χ0v) is 8.27. The van der Waals surface area contributed by atoms with Gasteiger partial charge >= 0.3 is 5.97 Å². The normalized spacial score (nSPS) is 11.0. The van der Waals surface area contributed by atoms with Gasteiger partial charge in [-0.1, -0.05) is 0 Å². The average Bonchev–Trinajstić information content (AvgIpc) is 2.14. The molecule has 0 saturated heterocycles. The molecule has 0 bridgehead atoms. The van der Waals surface area contributed by atoms with Crippen molar-refractivity contribution in [1.29, 1.82) is 0 Å². The fourth-order valence-corrected chi connectivity index (χ4v) is 1.33. The van der Waals surface area contributed by atoms with Crippen LogP contribution >= 0.6 is 0 Å². The summed E-state index contributed by atoms with van der Waals surface area (Å²) in [4.78, 5) is 9.86. The molecule has 0 saturated carbocycles. The van der Waals surface area contributed by atoms with Gasteiger partial charge < -0.3 is 9.84 Å². The first kappa shape index (κ1) is 11.5. The summed E-state index contributed by atoms with van der Waals surface area (Å²) in [6, 6.07) is 4.75. The number of aliphatic carboxylic acids is 1. The zero-order chi connectivity index (χ0) is 11.5. The maximum atomic E-state index is 10.6. The van der Waals surface area contributed by atoms with Gasteiger partial charge in [0.2, 0.25) is 0 Å². The largest absolute Gasteiger partial charge is 0.482 e. The molecule has 0 aliphatic heterocycles. The van der Waals surface area contributed by atoms with E-state index in [-0.39, 0.29) is 10.6 Å². The molecule has 0 unspecified atom stereocenters. The molecule has 0 atom stereocenters. The second-order valence-corrected chi connectivity index (χ2v) is 4.05. The zero-order valence-electron chi connectivity index (χ0n) is 7.45. The SMILES string of the molecule is O=C(O)COc1ccc(S(=O)(=O)O)cc1. The number of carboxylic acids is 1. The Kier molecular flexibility index (Phi) is 3.28. The number of hydrogen-bond acceptors (Lipinski definition) is 4. The van der Waals surface area contributed by atoms with E-state index in [4.69, 9.17) is 14.4 Å². The molecule has 0 aromatic heterocycles. The van der Waals surface area contributed by atoms with Gasteiger partial charge in [0.1, 0.15) is 5.75 Å². The molecule has 15 heavy (non-hydrogen) atoms. The lowest BCUT2D eigenvalue weighted by molar-refractivity contribution is -0.139. The Bertz CT molecular complexity index is 447. The average molecular weight is 232 g/mol. The Hall–Kier alpha value is -1.60. The van der Waals surface area contributed by atoms with Gasteiger partial charge in [-0.2, -0.15) is 8.42 Å². The van der Waals surface area contributed by atoms with Crippen molar-refractivity contribution in [2.45, 2.75) is 4.90 Å². The van der Waals surface area contributed by atoms with Crippen LogP contribution in [0.3, 0.4) is 0 Å². The molecule has 82 valence electrons. The van der Waals surface area contributed by atoms with E-state index < -0.39 is 22.7 Å². The number of ether oxygens (including phenoxy) is 1. The fraction of sp³-hybridized carbons (Fsp3) is 0.125. The smallest absolute Gasteiger partial charge is 0.341 e. The highest BCUT2D eigenvalue weighted by Crippen LogP contribution is 2.15. The van der Waals surface area contributed by atoms with E-state index in [1.807, 2.05) is 0 Å². The summed E-state index contributed by atoms with van der Waals surface area (Å²) in [5, 5.41) is 8.30. The maximum Gasteiger partial charge on any atom is 0.341 e. The van der Waals surface area contributed by atoms with Gasteiger partial charge in [0, 0.05) is 0 Å². The molecule has 1 rings (SSSR count). The number of hydrogen-bond donors (Lipinski definition) is 2. The van der Waals surface area contributed by atoms with E-state index in [9.17, 15) is 13.2 Å². The Morgan fingerprint density at radius 2 is 1.80 bits per heavy atom. The van der Waals surface area contributed by atoms with E-state index in [2.05, 4.69) is 0 Å². The summed E-state index contributed by atoms with van der Waals surface area (Å²) in [6.45, 7) is -0.509. The molecule has 2 N–H and O–H groups in total. The third-order valence-corrected chi connectivity index (χ3v) is 2.35. The Labute approximate surface area is 85.9 Å². The highest BCUT2D eigenvalue weighted by atomic mass is 32.2. The van der Waals surface area contributed by atoms with Gasteiger partial charge in [0.15, 0.2) is 6.61 Å².